The highest BCUT2D eigenvalue weighted by Gasteiger charge is 2.09. The third kappa shape index (κ3) is 8.83. The molecule has 0 aliphatic heterocycles. The average molecular weight is 423 g/mol. The molecule has 0 saturated heterocycles. The summed E-state index contributed by atoms with van der Waals surface area (Å²) in [5.74, 6) is 0.459. The number of unbranched alkanes of at least 4 members (excludes halogenated alkanes) is 1. The van der Waals surface area contributed by atoms with Gasteiger partial charge in [-0.15, -0.1) is 12.4 Å². The average Bonchev–Trinajstić information content (AvgIpc) is 2.71. The van der Waals surface area contributed by atoms with Crippen molar-refractivity contribution in [1.29, 1.82) is 0 Å². The number of ether oxygens (including phenoxy) is 1. The second-order valence-corrected chi connectivity index (χ2v) is 7.09. The fourth-order valence-electron chi connectivity index (χ4n) is 2.83. The highest BCUT2D eigenvalue weighted by molar-refractivity contribution is 5.85. The second-order valence-electron chi connectivity index (χ2n) is 7.09. The molecule has 0 aliphatic carbocycles. The monoisotopic (exact) mass is 422 g/mol. The Morgan fingerprint density at radius 3 is 2.17 bits per heavy atom. The van der Waals surface area contributed by atoms with Crippen LogP contribution in [0.5, 0.6) is 5.75 Å². The van der Waals surface area contributed by atoms with Crippen LogP contribution in [0.1, 0.15) is 37.4 Å². The first-order valence-electron chi connectivity index (χ1n) is 9.58. The topological polar surface area (TPSA) is 82.0 Å². The standard InChI is InChI=1S/C22H30N2O4.ClH/c1-24(2)15-16-28-20-13-11-18(12-14-20)17-7-9-19(10-8-17)21(25)5-3-4-6-22(26)23-27;/h7-14,21,25,27H,3-6,15-16H2,1-2H3,(H,23,26);1H. The number of rotatable bonds is 11. The summed E-state index contributed by atoms with van der Waals surface area (Å²) in [6, 6.07) is 15.9. The fraction of sp³-hybridized carbons (Fsp3) is 0.409. The molecule has 3 N–H and O–H groups in total. The van der Waals surface area contributed by atoms with Crippen LogP contribution in [0, 0.1) is 0 Å². The van der Waals surface area contributed by atoms with E-state index in [-0.39, 0.29) is 18.8 Å². The van der Waals surface area contributed by atoms with Gasteiger partial charge in [-0.25, -0.2) is 5.48 Å². The van der Waals surface area contributed by atoms with Gasteiger partial charge in [0.05, 0.1) is 6.10 Å². The Morgan fingerprint density at radius 2 is 1.62 bits per heavy atom. The molecule has 0 radical (unpaired) electrons. The lowest BCUT2D eigenvalue weighted by Gasteiger charge is -2.12. The van der Waals surface area contributed by atoms with Crippen LogP contribution in [-0.4, -0.2) is 48.4 Å². The van der Waals surface area contributed by atoms with Gasteiger partial charge >= 0.3 is 0 Å². The number of aliphatic hydroxyl groups is 1. The largest absolute Gasteiger partial charge is 0.492 e. The Labute approximate surface area is 178 Å². The molecule has 0 aliphatic rings. The van der Waals surface area contributed by atoms with Gasteiger partial charge in [-0.2, -0.15) is 0 Å². The highest BCUT2D eigenvalue weighted by Crippen LogP contribution is 2.26. The van der Waals surface area contributed by atoms with Crippen molar-refractivity contribution in [3.8, 4) is 16.9 Å². The van der Waals surface area contributed by atoms with E-state index >= 15 is 0 Å². The van der Waals surface area contributed by atoms with Gasteiger partial charge in [0.1, 0.15) is 12.4 Å². The minimum Gasteiger partial charge on any atom is -0.492 e. The Kier molecular flexibility index (Phi) is 11.3. The van der Waals surface area contributed by atoms with E-state index in [4.69, 9.17) is 9.94 Å². The predicted molar refractivity (Wildman–Crippen MR) is 117 cm³/mol. The van der Waals surface area contributed by atoms with E-state index in [9.17, 15) is 9.90 Å². The molecule has 1 unspecified atom stereocenters. The van der Waals surface area contributed by atoms with E-state index in [0.29, 0.717) is 25.9 Å². The number of nitrogens with one attached hydrogen (secondary N) is 1. The number of benzene rings is 2. The number of hydroxylamine groups is 1. The van der Waals surface area contributed by atoms with Crippen molar-refractivity contribution < 1.29 is 19.8 Å². The Bertz CT molecular complexity index is 721. The van der Waals surface area contributed by atoms with Crippen LogP contribution in [-0.2, 0) is 4.79 Å². The van der Waals surface area contributed by atoms with E-state index in [1.54, 1.807) is 5.48 Å². The van der Waals surface area contributed by atoms with Crippen LogP contribution in [0.2, 0.25) is 0 Å². The highest BCUT2D eigenvalue weighted by atomic mass is 35.5. The van der Waals surface area contributed by atoms with Crippen LogP contribution < -0.4 is 10.2 Å². The summed E-state index contributed by atoms with van der Waals surface area (Å²) in [7, 11) is 4.03. The normalized spacial score (nSPS) is 11.6. The van der Waals surface area contributed by atoms with Gasteiger partial charge in [0.15, 0.2) is 0 Å². The van der Waals surface area contributed by atoms with Crippen molar-refractivity contribution in [2.75, 3.05) is 27.2 Å². The van der Waals surface area contributed by atoms with Gasteiger partial charge in [0.2, 0.25) is 5.91 Å². The lowest BCUT2D eigenvalue weighted by atomic mass is 9.99. The van der Waals surface area contributed by atoms with Crippen molar-refractivity contribution in [2.24, 2.45) is 0 Å². The molecule has 0 spiro atoms. The summed E-state index contributed by atoms with van der Waals surface area (Å²) in [6.07, 6.45) is 1.63. The van der Waals surface area contributed by atoms with Crippen molar-refractivity contribution >= 4 is 18.3 Å². The molecule has 0 bridgehead atoms. The molecule has 0 heterocycles. The molecular formula is C22H31ClN2O4. The molecule has 2 aromatic rings. The first-order chi connectivity index (χ1) is 13.5. The maximum Gasteiger partial charge on any atom is 0.243 e. The minimum atomic E-state index is -0.557. The molecule has 29 heavy (non-hydrogen) atoms. The van der Waals surface area contributed by atoms with Gasteiger partial charge in [-0.1, -0.05) is 42.8 Å². The van der Waals surface area contributed by atoms with Crippen LogP contribution >= 0.6 is 12.4 Å². The number of hydrogen-bond acceptors (Lipinski definition) is 5. The maximum atomic E-state index is 11.0. The molecular weight excluding hydrogens is 392 g/mol. The third-order valence-electron chi connectivity index (χ3n) is 4.55. The van der Waals surface area contributed by atoms with E-state index in [1.807, 2.05) is 62.6 Å². The molecule has 2 rings (SSSR count). The van der Waals surface area contributed by atoms with Crippen LogP contribution in [0.4, 0.5) is 0 Å². The van der Waals surface area contributed by atoms with E-state index in [2.05, 4.69) is 4.90 Å². The number of nitrogens with zero attached hydrogens (tertiary/aromatic N) is 1. The van der Waals surface area contributed by atoms with Crippen LogP contribution in [0.25, 0.3) is 11.1 Å². The molecule has 0 saturated carbocycles. The second kappa shape index (κ2) is 13.2. The first-order valence-corrected chi connectivity index (χ1v) is 9.58. The number of halogens is 1. The molecule has 160 valence electrons. The Hall–Kier alpha value is -2.12. The Morgan fingerprint density at radius 1 is 1.03 bits per heavy atom. The van der Waals surface area contributed by atoms with Gasteiger partial charge in [-0.05, 0) is 55.8 Å². The van der Waals surface area contributed by atoms with Crippen molar-refractivity contribution in [1.82, 2.24) is 10.4 Å². The summed E-state index contributed by atoms with van der Waals surface area (Å²) in [5.41, 5.74) is 4.65. The predicted octanol–water partition coefficient (Wildman–Crippen LogP) is 3.82. The van der Waals surface area contributed by atoms with E-state index in [1.165, 1.54) is 0 Å². The zero-order valence-corrected chi connectivity index (χ0v) is 17.8. The van der Waals surface area contributed by atoms with Crippen LogP contribution in [0.3, 0.4) is 0 Å². The molecule has 0 aromatic heterocycles. The van der Waals surface area contributed by atoms with Crippen molar-refractivity contribution in [3.05, 3.63) is 54.1 Å². The zero-order valence-electron chi connectivity index (χ0n) is 17.0. The summed E-state index contributed by atoms with van der Waals surface area (Å²) < 4.78 is 5.71. The summed E-state index contributed by atoms with van der Waals surface area (Å²) in [6.45, 7) is 1.53. The molecule has 1 atom stereocenters. The number of carbonyl (C=O) groups excluding carboxylic acids is 1. The molecule has 0 fully saturated rings. The maximum absolute atomic E-state index is 11.0. The van der Waals surface area contributed by atoms with Crippen molar-refractivity contribution in [3.63, 3.8) is 0 Å². The fourth-order valence-corrected chi connectivity index (χ4v) is 2.83. The van der Waals surface area contributed by atoms with Gasteiger partial charge in [0.25, 0.3) is 0 Å². The SMILES string of the molecule is CN(C)CCOc1ccc(-c2ccc(C(O)CCCCC(=O)NO)cc2)cc1.Cl. The third-order valence-corrected chi connectivity index (χ3v) is 4.55. The lowest BCUT2D eigenvalue weighted by Crippen LogP contribution is -2.19. The zero-order chi connectivity index (χ0) is 20.4. The number of aliphatic hydroxyl groups excluding tert-OH is 1. The van der Waals surface area contributed by atoms with E-state index < -0.39 is 12.0 Å². The minimum absolute atomic E-state index is 0. The molecule has 1 amide bonds. The Balaban J connectivity index is 0.00000420. The number of hydrogen-bond donors (Lipinski definition) is 3. The first kappa shape index (κ1) is 24.9. The molecule has 2 aromatic carbocycles. The number of amides is 1. The van der Waals surface area contributed by atoms with Gasteiger partial charge in [0, 0.05) is 13.0 Å². The van der Waals surface area contributed by atoms with Gasteiger partial charge in [-0.3, -0.25) is 10.0 Å². The molecule has 7 heteroatoms. The quantitative estimate of drug-likeness (QED) is 0.291. The summed E-state index contributed by atoms with van der Waals surface area (Å²) in [5, 5.41) is 18.7. The van der Waals surface area contributed by atoms with Gasteiger partial charge < -0.3 is 14.7 Å². The summed E-state index contributed by atoms with van der Waals surface area (Å²) >= 11 is 0. The van der Waals surface area contributed by atoms with Crippen molar-refractivity contribution in [2.45, 2.75) is 31.8 Å². The number of likely N-dealkylation sites (N-methyl/N-ethyl adjacent to an activating group) is 1. The number of carbonyl (C=O) groups is 1. The van der Waals surface area contributed by atoms with Crippen LogP contribution in [0.15, 0.2) is 48.5 Å². The molecule has 6 nitrogen and oxygen atoms in total. The smallest absolute Gasteiger partial charge is 0.243 e. The summed E-state index contributed by atoms with van der Waals surface area (Å²) in [4.78, 5) is 13.0. The lowest BCUT2D eigenvalue weighted by molar-refractivity contribution is -0.129. The van der Waals surface area contributed by atoms with E-state index in [0.717, 1.165) is 29.0 Å².